The minimum Gasteiger partial charge on any atom is -0.0984 e. The monoisotopic (exact) mass is 114 g/mol. The molecule has 0 rings (SSSR count). The molecule has 0 fully saturated rings. The first-order valence-corrected chi connectivity index (χ1v) is 3.78. The van der Waals surface area contributed by atoms with Gasteiger partial charge in [-0.15, -0.1) is 0 Å². The molecule has 0 aliphatic rings. The van der Waals surface area contributed by atoms with Crippen molar-refractivity contribution in [1.29, 1.82) is 0 Å². The van der Waals surface area contributed by atoms with Crippen LogP contribution < -0.4 is 0 Å². The standard InChI is InChI=1S/C6H14Si/c1-5(2)4-6(3)7/h4-5H,1-3,7H3. The Morgan fingerprint density at radius 1 is 1.57 bits per heavy atom. The summed E-state index contributed by atoms with van der Waals surface area (Å²) in [6, 6.07) is 0. The highest BCUT2D eigenvalue weighted by Gasteiger charge is 1.82. The van der Waals surface area contributed by atoms with Crippen LogP contribution in [0, 0.1) is 5.92 Å². The van der Waals surface area contributed by atoms with E-state index in [9.17, 15) is 0 Å². The molecule has 0 aromatic heterocycles. The van der Waals surface area contributed by atoms with E-state index in [2.05, 4.69) is 26.8 Å². The van der Waals surface area contributed by atoms with Gasteiger partial charge in [0, 0.05) is 10.2 Å². The molecule has 0 heterocycles. The second-order valence-electron chi connectivity index (χ2n) is 2.49. The molecular formula is C6H14Si. The van der Waals surface area contributed by atoms with Crippen LogP contribution in [0.2, 0.25) is 0 Å². The molecule has 0 unspecified atom stereocenters. The SMILES string of the molecule is CC([SiH3])=CC(C)C. The molecule has 0 nitrogen and oxygen atoms in total. The first-order valence-electron chi connectivity index (χ1n) is 2.78. The lowest BCUT2D eigenvalue weighted by Crippen LogP contribution is -1.80. The van der Waals surface area contributed by atoms with Gasteiger partial charge in [-0.25, -0.2) is 0 Å². The fraction of sp³-hybridized carbons (Fsp3) is 0.667. The average Bonchev–Trinajstić information content (AvgIpc) is 1.27. The highest BCUT2D eigenvalue weighted by atomic mass is 28.1. The first-order chi connectivity index (χ1) is 3.13. The molecule has 0 aliphatic heterocycles. The first kappa shape index (κ1) is 6.96. The summed E-state index contributed by atoms with van der Waals surface area (Å²) in [5.41, 5.74) is 0. The maximum Gasteiger partial charge on any atom is 0.0325 e. The molecule has 0 bridgehead atoms. The largest absolute Gasteiger partial charge is 0.0984 e. The van der Waals surface area contributed by atoms with E-state index in [4.69, 9.17) is 0 Å². The molecule has 0 saturated carbocycles. The molecule has 7 heavy (non-hydrogen) atoms. The van der Waals surface area contributed by atoms with E-state index in [1.807, 2.05) is 0 Å². The van der Waals surface area contributed by atoms with Crippen molar-refractivity contribution in [3.05, 3.63) is 11.3 Å². The topological polar surface area (TPSA) is 0 Å². The van der Waals surface area contributed by atoms with E-state index < -0.39 is 0 Å². The number of rotatable bonds is 1. The molecule has 42 valence electrons. The molecule has 0 N–H and O–H groups in total. The van der Waals surface area contributed by atoms with Crippen molar-refractivity contribution in [2.24, 2.45) is 5.92 Å². The third-order valence-corrected chi connectivity index (χ3v) is 1.00. The molecule has 0 aromatic carbocycles. The lowest BCUT2D eigenvalue weighted by atomic mass is 10.2. The van der Waals surface area contributed by atoms with E-state index in [1.165, 1.54) is 10.2 Å². The summed E-state index contributed by atoms with van der Waals surface area (Å²) in [6.07, 6.45) is 2.31. The Labute approximate surface area is 49.0 Å². The number of hydrogen-bond donors (Lipinski definition) is 0. The van der Waals surface area contributed by atoms with Crippen molar-refractivity contribution in [3.8, 4) is 0 Å². The molecular weight excluding hydrogens is 100 g/mol. The van der Waals surface area contributed by atoms with E-state index in [-0.39, 0.29) is 0 Å². The van der Waals surface area contributed by atoms with Crippen LogP contribution >= 0.6 is 0 Å². The third-order valence-electron chi connectivity index (χ3n) is 0.667. The van der Waals surface area contributed by atoms with Crippen LogP contribution in [0.1, 0.15) is 20.8 Å². The highest BCUT2D eigenvalue weighted by molar-refractivity contribution is 6.21. The molecule has 0 saturated heterocycles. The van der Waals surface area contributed by atoms with E-state index in [1.54, 1.807) is 5.20 Å². The Morgan fingerprint density at radius 2 is 2.00 bits per heavy atom. The zero-order chi connectivity index (χ0) is 5.86. The van der Waals surface area contributed by atoms with Crippen molar-refractivity contribution in [2.75, 3.05) is 0 Å². The molecule has 1 heteroatoms. The van der Waals surface area contributed by atoms with Crippen molar-refractivity contribution in [2.45, 2.75) is 20.8 Å². The lowest BCUT2D eigenvalue weighted by molar-refractivity contribution is 0.828. The van der Waals surface area contributed by atoms with Gasteiger partial charge < -0.3 is 0 Å². The quantitative estimate of drug-likeness (QED) is 0.445. The van der Waals surface area contributed by atoms with Crippen LogP contribution in [0.25, 0.3) is 0 Å². The van der Waals surface area contributed by atoms with Crippen molar-refractivity contribution >= 4 is 10.2 Å². The Kier molecular flexibility index (Phi) is 3.01. The Hall–Kier alpha value is -0.0431. The molecule has 0 atom stereocenters. The summed E-state index contributed by atoms with van der Waals surface area (Å²) in [6.45, 7) is 6.61. The fourth-order valence-electron chi connectivity index (χ4n) is 0.667. The summed E-state index contributed by atoms with van der Waals surface area (Å²) in [7, 11) is 1.23. The van der Waals surface area contributed by atoms with Gasteiger partial charge in [-0.1, -0.05) is 25.1 Å². The average molecular weight is 114 g/mol. The summed E-state index contributed by atoms with van der Waals surface area (Å²) >= 11 is 0. The van der Waals surface area contributed by atoms with Gasteiger partial charge in [0.1, 0.15) is 0 Å². The maximum atomic E-state index is 2.31. The van der Waals surface area contributed by atoms with E-state index in [0.29, 0.717) is 0 Å². The predicted molar refractivity (Wildman–Crippen MR) is 38.5 cm³/mol. The second-order valence-corrected chi connectivity index (χ2v) is 4.07. The lowest BCUT2D eigenvalue weighted by Gasteiger charge is -1.93. The smallest absolute Gasteiger partial charge is 0.0325 e. The third kappa shape index (κ3) is 5.96. The molecule has 0 aromatic rings. The Bertz CT molecular complexity index is 68.2. The minimum absolute atomic E-state index is 0.748. The van der Waals surface area contributed by atoms with Crippen molar-refractivity contribution < 1.29 is 0 Å². The zero-order valence-corrected chi connectivity index (χ0v) is 7.65. The van der Waals surface area contributed by atoms with Crippen LogP contribution in [0.5, 0.6) is 0 Å². The summed E-state index contributed by atoms with van der Waals surface area (Å²) in [4.78, 5) is 0. The maximum absolute atomic E-state index is 2.31. The summed E-state index contributed by atoms with van der Waals surface area (Å²) < 4.78 is 0. The molecule has 0 aliphatic carbocycles. The van der Waals surface area contributed by atoms with Crippen LogP contribution in [-0.2, 0) is 0 Å². The van der Waals surface area contributed by atoms with Gasteiger partial charge in [-0.3, -0.25) is 0 Å². The predicted octanol–water partition coefficient (Wildman–Crippen LogP) is 0.912. The number of hydrogen-bond acceptors (Lipinski definition) is 0. The Morgan fingerprint density at radius 3 is 2.00 bits per heavy atom. The summed E-state index contributed by atoms with van der Waals surface area (Å²) in [5.74, 6) is 0.748. The van der Waals surface area contributed by atoms with Crippen LogP contribution in [0.15, 0.2) is 11.3 Å². The van der Waals surface area contributed by atoms with Gasteiger partial charge in [-0.2, -0.15) is 0 Å². The second kappa shape index (κ2) is 3.02. The van der Waals surface area contributed by atoms with Crippen LogP contribution in [-0.4, -0.2) is 10.2 Å². The van der Waals surface area contributed by atoms with Crippen molar-refractivity contribution in [3.63, 3.8) is 0 Å². The van der Waals surface area contributed by atoms with Crippen molar-refractivity contribution in [1.82, 2.24) is 0 Å². The molecule has 0 spiro atoms. The normalized spacial score (nSPS) is 13.4. The highest BCUT2D eigenvalue weighted by Crippen LogP contribution is 1.95. The Balaban J connectivity index is 3.45. The molecule has 0 radical (unpaired) electrons. The zero-order valence-electron chi connectivity index (χ0n) is 5.65. The van der Waals surface area contributed by atoms with Gasteiger partial charge in [0.05, 0.1) is 0 Å². The van der Waals surface area contributed by atoms with E-state index in [0.717, 1.165) is 5.92 Å². The van der Waals surface area contributed by atoms with Gasteiger partial charge in [0.15, 0.2) is 0 Å². The van der Waals surface area contributed by atoms with Gasteiger partial charge >= 0.3 is 0 Å². The van der Waals surface area contributed by atoms with Crippen LogP contribution in [0.4, 0.5) is 0 Å². The number of allylic oxidation sites excluding steroid dienone is 2. The summed E-state index contributed by atoms with van der Waals surface area (Å²) in [5, 5.41) is 1.55. The molecule has 0 amide bonds. The van der Waals surface area contributed by atoms with Gasteiger partial charge in [0.25, 0.3) is 0 Å². The minimum atomic E-state index is 0.748. The fourth-order valence-corrected chi connectivity index (χ4v) is 1.33. The van der Waals surface area contributed by atoms with E-state index >= 15 is 0 Å². The van der Waals surface area contributed by atoms with Gasteiger partial charge in [-0.05, 0) is 12.8 Å². The van der Waals surface area contributed by atoms with Gasteiger partial charge in [0.2, 0.25) is 0 Å². The van der Waals surface area contributed by atoms with Crippen LogP contribution in [0.3, 0.4) is 0 Å².